The number of methoxy groups -OCH3 is 1. The number of nitro benzene ring substituents is 1. The lowest BCUT2D eigenvalue weighted by atomic mass is 10.2. The molecule has 0 radical (unpaired) electrons. The summed E-state index contributed by atoms with van der Waals surface area (Å²) in [5.74, 6) is -0.625. The molecular weight excluding hydrogens is 280 g/mol. The van der Waals surface area contributed by atoms with Gasteiger partial charge in [-0.2, -0.15) is 0 Å². The quantitative estimate of drug-likeness (QED) is 0.664. The summed E-state index contributed by atoms with van der Waals surface area (Å²) in [6, 6.07) is 6.66. The number of aromatic nitrogens is 1. The van der Waals surface area contributed by atoms with Gasteiger partial charge in [0, 0.05) is 12.1 Å². The Balaban J connectivity index is 2.33. The summed E-state index contributed by atoms with van der Waals surface area (Å²) in [7, 11) is 1.42. The summed E-state index contributed by atoms with van der Waals surface area (Å²) in [5.41, 5.74) is -0.388. The first-order valence-corrected chi connectivity index (χ1v) is 5.71. The van der Waals surface area contributed by atoms with E-state index in [9.17, 15) is 14.9 Å². The van der Waals surface area contributed by atoms with E-state index >= 15 is 0 Å². The van der Waals surface area contributed by atoms with Gasteiger partial charge in [-0.25, -0.2) is 9.78 Å². The normalized spacial score (nSPS) is 9.95. The van der Waals surface area contributed by atoms with Crippen molar-refractivity contribution in [2.45, 2.75) is 0 Å². The maximum absolute atomic E-state index is 10.9. The van der Waals surface area contributed by atoms with Crippen molar-refractivity contribution >= 4 is 11.7 Å². The molecule has 21 heavy (non-hydrogen) atoms. The molecule has 1 aromatic carbocycles. The van der Waals surface area contributed by atoms with Crippen LogP contribution in [0.2, 0.25) is 0 Å². The minimum atomic E-state index is -1.17. The minimum Gasteiger partial charge on any atom is -0.497 e. The number of carboxylic acids is 1. The van der Waals surface area contributed by atoms with Gasteiger partial charge >= 0.3 is 11.7 Å². The summed E-state index contributed by atoms with van der Waals surface area (Å²) in [5, 5.41) is 19.7. The topological polar surface area (TPSA) is 112 Å². The molecule has 0 aliphatic rings. The van der Waals surface area contributed by atoms with Crippen LogP contribution in [0.4, 0.5) is 5.69 Å². The van der Waals surface area contributed by atoms with Crippen LogP contribution in [0, 0.1) is 10.1 Å². The summed E-state index contributed by atoms with van der Waals surface area (Å²) < 4.78 is 10.4. The number of hydrogen-bond donors (Lipinski definition) is 1. The second-order valence-electron chi connectivity index (χ2n) is 3.88. The number of carbonyl (C=O) groups is 1. The molecule has 0 aliphatic carbocycles. The first-order valence-electron chi connectivity index (χ1n) is 5.71. The largest absolute Gasteiger partial charge is 0.497 e. The Morgan fingerprint density at radius 3 is 2.52 bits per heavy atom. The molecule has 1 heterocycles. The van der Waals surface area contributed by atoms with E-state index in [0.717, 1.165) is 0 Å². The average Bonchev–Trinajstić information content (AvgIpc) is 2.47. The molecule has 1 N–H and O–H groups in total. The Bertz CT molecular complexity index is 684. The van der Waals surface area contributed by atoms with Crippen molar-refractivity contribution in [1.29, 1.82) is 0 Å². The maximum atomic E-state index is 10.9. The van der Waals surface area contributed by atoms with Crippen molar-refractivity contribution < 1.29 is 24.3 Å². The molecule has 2 rings (SSSR count). The zero-order valence-electron chi connectivity index (χ0n) is 10.8. The molecule has 8 heteroatoms. The van der Waals surface area contributed by atoms with Crippen LogP contribution >= 0.6 is 0 Å². The lowest BCUT2D eigenvalue weighted by Crippen LogP contribution is -2.00. The summed E-state index contributed by atoms with van der Waals surface area (Å²) >= 11 is 0. The van der Waals surface area contributed by atoms with Crippen molar-refractivity contribution in [1.82, 2.24) is 4.98 Å². The number of hydrogen-bond acceptors (Lipinski definition) is 6. The monoisotopic (exact) mass is 290 g/mol. The molecule has 0 saturated heterocycles. The van der Waals surface area contributed by atoms with Gasteiger partial charge in [-0.1, -0.05) is 0 Å². The second kappa shape index (κ2) is 5.87. The number of pyridine rings is 1. The van der Waals surface area contributed by atoms with Crippen LogP contribution in [0.25, 0.3) is 0 Å². The Morgan fingerprint density at radius 2 is 2.00 bits per heavy atom. The van der Waals surface area contributed by atoms with E-state index in [1.807, 2.05) is 0 Å². The highest BCUT2D eigenvalue weighted by Crippen LogP contribution is 2.34. The lowest BCUT2D eigenvalue weighted by Gasteiger charge is -2.07. The molecule has 8 nitrogen and oxygen atoms in total. The van der Waals surface area contributed by atoms with Crippen LogP contribution in [-0.4, -0.2) is 28.1 Å². The van der Waals surface area contributed by atoms with E-state index in [2.05, 4.69) is 4.98 Å². The van der Waals surface area contributed by atoms with Gasteiger partial charge in [-0.3, -0.25) is 10.1 Å². The average molecular weight is 290 g/mol. The fourth-order valence-corrected chi connectivity index (χ4v) is 1.55. The third-order valence-electron chi connectivity index (χ3n) is 2.55. The number of aromatic carboxylic acids is 1. The Labute approximate surface area is 118 Å². The Hall–Kier alpha value is -3.16. The molecule has 0 fully saturated rings. The van der Waals surface area contributed by atoms with E-state index < -0.39 is 10.9 Å². The number of rotatable bonds is 5. The van der Waals surface area contributed by atoms with Crippen molar-refractivity contribution in [3.63, 3.8) is 0 Å². The van der Waals surface area contributed by atoms with Gasteiger partial charge in [-0.15, -0.1) is 0 Å². The Kier molecular flexibility index (Phi) is 3.98. The highest BCUT2D eigenvalue weighted by Gasteiger charge is 2.17. The van der Waals surface area contributed by atoms with Gasteiger partial charge < -0.3 is 14.6 Å². The van der Waals surface area contributed by atoms with Crippen molar-refractivity contribution in [3.8, 4) is 17.2 Å². The summed E-state index contributed by atoms with van der Waals surface area (Å²) in [6.07, 6.45) is 1.17. The lowest BCUT2D eigenvalue weighted by molar-refractivity contribution is -0.385. The van der Waals surface area contributed by atoms with Gasteiger partial charge in [0.15, 0.2) is 0 Å². The van der Waals surface area contributed by atoms with Crippen molar-refractivity contribution in [2.24, 2.45) is 0 Å². The highest BCUT2D eigenvalue weighted by atomic mass is 16.6. The molecule has 0 bridgehead atoms. The van der Waals surface area contributed by atoms with Gasteiger partial charge in [0.2, 0.25) is 5.75 Å². The molecule has 0 atom stereocenters. The standard InChI is InChI=1S/C13H10N2O6/c1-20-8-3-5-11(15(18)19)12(6-8)21-9-2-4-10(13(16)17)14-7-9/h2-7H,1H3,(H,16,17). The molecule has 0 spiro atoms. The molecule has 108 valence electrons. The zero-order chi connectivity index (χ0) is 15.4. The van der Waals surface area contributed by atoms with Gasteiger partial charge in [-0.05, 0) is 18.2 Å². The van der Waals surface area contributed by atoms with Gasteiger partial charge in [0.1, 0.15) is 17.2 Å². The van der Waals surface area contributed by atoms with E-state index in [1.54, 1.807) is 0 Å². The maximum Gasteiger partial charge on any atom is 0.354 e. The van der Waals surface area contributed by atoms with Crippen LogP contribution in [0.5, 0.6) is 17.2 Å². The van der Waals surface area contributed by atoms with E-state index in [4.69, 9.17) is 14.6 Å². The highest BCUT2D eigenvalue weighted by molar-refractivity contribution is 5.85. The zero-order valence-corrected chi connectivity index (χ0v) is 10.8. The third-order valence-corrected chi connectivity index (χ3v) is 2.55. The predicted octanol–water partition coefficient (Wildman–Crippen LogP) is 2.49. The predicted molar refractivity (Wildman–Crippen MR) is 70.9 cm³/mol. The Morgan fingerprint density at radius 1 is 1.29 bits per heavy atom. The van der Waals surface area contributed by atoms with Crippen LogP contribution in [0.3, 0.4) is 0 Å². The number of nitro groups is 1. The van der Waals surface area contributed by atoms with Gasteiger partial charge in [0.25, 0.3) is 0 Å². The van der Waals surface area contributed by atoms with E-state index in [-0.39, 0.29) is 22.9 Å². The molecule has 0 saturated carbocycles. The molecule has 2 aromatic rings. The molecule has 0 amide bonds. The first-order chi connectivity index (χ1) is 10.0. The third kappa shape index (κ3) is 3.24. The fourth-order valence-electron chi connectivity index (χ4n) is 1.55. The minimum absolute atomic E-state index is 0.0239. The molecule has 0 aliphatic heterocycles. The number of benzene rings is 1. The first kappa shape index (κ1) is 14.3. The van der Waals surface area contributed by atoms with Crippen LogP contribution in [0.15, 0.2) is 36.5 Å². The van der Waals surface area contributed by atoms with Crippen molar-refractivity contribution in [3.05, 3.63) is 52.3 Å². The summed E-state index contributed by atoms with van der Waals surface area (Å²) in [6.45, 7) is 0. The molecule has 1 aromatic heterocycles. The number of ether oxygens (including phenoxy) is 2. The van der Waals surface area contributed by atoms with Crippen LogP contribution in [-0.2, 0) is 0 Å². The van der Waals surface area contributed by atoms with E-state index in [1.165, 1.54) is 43.6 Å². The van der Waals surface area contributed by atoms with Crippen LogP contribution in [0.1, 0.15) is 10.5 Å². The molecule has 0 unspecified atom stereocenters. The number of carboxylic acid groups (broad SMARTS) is 1. The smallest absolute Gasteiger partial charge is 0.354 e. The second-order valence-corrected chi connectivity index (χ2v) is 3.88. The molecular formula is C13H10N2O6. The summed E-state index contributed by atoms with van der Waals surface area (Å²) in [4.78, 5) is 24.7. The van der Waals surface area contributed by atoms with E-state index in [0.29, 0.717) is 5.75 Å². The van der Waals surface area contributed by atoms with Crippen LogP contribution < -0.4 is 9.47 Å². The SMILES string of the molecule is COc1ccc([N+](=O)[O-])c(Oc2ccc(C(=O)O)nc2)c1. The number of nitrogens with zero attached hydrogens (tertiary/aromatic N) is 2. The fraction of sp³-hybridized carbons (Fsp3) is 0.0769. The van der Waals surface area contributed by atoms with Crippen molar-refractivity contribution in [2.75, 3.05) is 7.11 Å². The van der Waals surface area contributed by atoms with Gasteiger partial charge in [0.05, 0.1) is 18.2 Å².